The Morgan fingerprint density at radius 2 is 2.00 bits per heavy atom. The van der Waals surface area contributed by atoms with Crippen molar-refractivity contribution < 1.29 is 14.3 Å². The fraction of sp³-hybridized carbons (Fsp3) is 0.353. The van der Waals surface area contributed by atoms with E-state index in [2.05, 4.69) is 5.10 Å². The number of hydrogen-bond acceptors (Lipinski definition) is 4. The van der Waals surface area contributed by atoms with Crippen LogP contribution in [0.5, 0.6) is 0 Å². The molecule has 2 aliphatic rings. The van der Waals surface area contributed by atoms with Crippen molar-refractivity contribution in [1.82, 2.24) is 9.78 Å². The number of benzene rings is 1. The first-order chi connectivity index (χ1) is 10.7. The highest BCUT2D eigenvalue weighted by Crippen LogP contribution is 2.56. The second kappa shape index (κ2) is 4.80. The second-order valence-electron chi connectivity index (χ2n) is 5.97. The lowest BCUT2D eigenvalue weighted by molar-refractivity contribution is -0.145. The van der Waals surface area contributed by atoms with Crippen molar-refractivity contribution >= 4 is 11.9 Å². The molecule has 0 N–H and O–H groups in total. The van der Waals surface area contributed by atoms with Crippen molar-refractivity contribution in [2.45, 2.75) is 24.7 Å². The standard InChI is InChI=1S/C17H16N2O3/c1-22-17(21)13-8-11-7-12(13)14-9-18-19(15(11)14)16(20)10-5-3-2-4-6-10/h2-6,9,11-13H,7-8H2,1H3/t11-,12+,13+/m1/s1. The molecule has 5 nitrogen and oxygen atoms in total. The summed E-state index contributed by atoms with van der Waals surface area (Å²) in [5.41, 5.74) is 2.65. The Bertz CT molecular complexity index is 751. The van der Waals surface area contributed by atoms with Gasteiger partial charge in [-0.1, -0.05) is 18.2 Å². The molecule has 0 unspecified atom stereocenters. The van der Waals surface area contributed by atoms with Gasteiger partial charge in [0.2, 0.25) is 0 Å². The number of methoxy groups -OCH3 is 1. The molecule has 0 spiro atoms. The van der Waals surface area contributed by atoms with E-state index in [0.29, 0.717) is 5.56 Å². The lowest BCUT2D eigenvalue weighted by atomic mass is 9.87. The van der Waals surface area contributed by atoms with Crippen LogP contribution in [-0.4, -0.2) is 28.8 Å². The molecular formula is C17H16N2O3. The maximum Gasteiger partial charge on any atom is 0.309 e. The lowest BCUT2D eigenvalue weighted by Gasteiger charge is -2.20. The molecule has 2 aliphatic carbocycles. The molecule has 112 valence electrons. The number of carbonyl (C=O) groups excluding carboxylic acids is 2. The average Bonchev–Trinajstić information content (AvgIpc) is 3.25. The quantitative estimate of drug-likeness (QED) is 0.798. The van der Waals surface area contributed by atoms with E-state index in [0.717, 1.165) is 24.1 Å². The summed E-state index contributed by atoms with van der Waals surface area (Å²) in [5.74, 6) is 0.0142. The Morgan fingerprint density at radius 3 is 2.73 bits per heavy atom. The molecule has 0 aliphatic heterocycles. The van der Waals surface area contributed by atoms with E-state index in [4.69, 9.17) is 4.74 Å². The first-order valence-electron chi connectivity index (χ1n) is 7.46. The summed E-state index contributed by atoms with van der Waals surface area (Å²) in [7, 11) is 1.43. The van der Waals surface area contributed by atoms with Crippen LogP contribution in [0.25, 0.3) is 0 Å². The molecule has 3 atom stereocenters. The van der Waals surface area contributed by atoms with E-state index >= 15 is 0 Å². The highest BCUT2D eigenvalue weighted by atomic mass is 16.5. The third-order valence-electron chi connectivity index (χ3n) is 4.90. The SMILES string of the molecule is COC(=O)[C@H]1C[C@H]2C[C@@H]1c1cnn(C(=O)c3ccccc3)c12. The zero-order valence-corrected chi connectivity index (χ0v) is 12.2. The zero-order valence-electron chi connectivity index (χ0n) is 12.2. The Morgan fingerprint density at radius 1 is 1.23 bits per heavy atom. The number of esters is 1. The van der Waals surface area contributed by atoms with E-state index in [9.17, 15) is 9.59 Å². The third kappa shape index (κ3) is 1.75. The van der Waals surface area contributed by atoms with Crippen LogP contribution in [0.4, 0.5) is 0 Å². The van der Waals surface area contributed by atoms with Crippen molar-refractivity contribution in [1.29, 1.82) is 0 Å². The number of carbonyl (C=O) groups is 2. The van der Waals surface area contributed by atoms with Crippen LogP contribution < -0.4 is 0 Å². The molecule has 22 heavy (non-hydrogen) atoms. The van der Waals surface area contributed by atoms with Gasteiger partial charge in [-0.2, -0.15) is 5.10 Å². The van der Waals surface area contributed by atoms with Crippen LogP contribution in [0.3, 0.4) is 0 Å². The van der Waals surface area contributed by atoms with Gasteiger partial charge in [0.1, 0.15) is 0 Å². The lowest BCUT2D eigenvalue weighted by Crippen LogP contribution is -2.23. The second-order valence-corrected chi connectivity index (χ2v) is 5.97. The maximum atomic E-state index is 12.6. The fourth-order valence-corrected chi connectivity index (χ4v) is 3.95. The summed E-state index contributed by atoms with van der Waals surface area (Å²) < 4.78 is 6.41. The summed E-state index contributed by atoms with van der Waals surface area (Å²) in [6.45, 7) is 0. The molecule has 1 fully saturated rings. The van der Waals surface area contributed by atoms with Crippen molar-refractivity contribution in [2.24, 2.45) is 5.92 Å². The van der Waals surface area contributed by atoms with Gasteiger partial charge in [-0.25, -0.2) is 4.68 Å². The molecule has 0 saturated heterocycles. The fourth-order valence-electron chi connectivity index (χ4n) is 3.95. The molecule has 0 amide bonds. The summed E-state index contributed by atoms with van der Waals surface area (Å²) in [5, 5.41) is 4.29. The predicted molar refractivity (Wildman–Crippen MR) is 78.6 cm³/mol. The summed E-state index contributed by atoms with van der Waals surface area (Å²) >= 11 is 0. The smallest absolute Gasteiger partial charge is 0.309 e. The van der Waals surface area contributed by atoms with Crippen molar-refractivity contribution in [3.63, 3.8) is 0 Å². The van der Waals surface area contributed by atoms with Crippen molar-refractivity contribution in [3.05, 3.63) is 53.3 Å². The number of ether oxygens (including phenoxy) is 1. The molecule has 5 heteroatoms. The predicted octanol–water partition coefficient (Wildman–Crippen LogP) is 2.34. The van der Waals surface area contributed by atoms with Crippen LogP contribution in [0.2, 0.25) is 0 Å². The number of rotatable bonds is 2. The maximum absolute atomic E-state index is 12.6. The van der Waals surface area contributed by atoms with Gasteiger partial charge in [0, 0.05) is 17.4 Å². The van der Waals surface area contributed by atoms with Crippen LogP contribution in [-0.2, 0) is 9.53 Å². The normalized spacial score (nSPS) is 25.0. The summed E-state index contributed by atoms with van der Waals surface area (Å²) in [4.78, 5) is 24.5. The first-order valence-corrected chi connectivity index (χ1v) is 7.46. The molecule has 1 heterocycles. The largest absolute Gasteiger partial charge is 0.469 e. The minimum atomic E-state index is -0.153. The van der Waals surface area contributed by atoms with Crippen LogP contribution in [0, 0.1) is 5.92 Å². The molecular weight excluding hydrogens is 280 g/mol. The summed E-state index contributed by atoms with van der Waals surface area (Å²) in [6.07, 6.45) is 3.41. The first kappa shape index (κ1) is 13.2. The highest BCUT2D eigenvalue weighted by Gasteiger charge is 2.50. The van der Waals surface area contributed by atoms with E-state index in [1.54, 1.807) is 18.3 Å². The van der Waals surface area contributed by atoms with Crippen LogP contribution >= 0.6 is 0 Å². The minimum absolute atomic E-state index is 0.0908. The molecule has 1 saturated carbocycles. The minimum Gasteiger partial charge on any atom is -0.469 e. The molecule has 2 aromatic rings. The van der Waals surface area contributed by atoms with Crippen LogP contribution in [0.15, 0.2) is 36.5 Å². The van der Waals surface area contributed by atoms with E-state index in [1.807, 2.05) is 18.2 Å². The number of hydrogen-bond donors (Lipinski definition) is 0. The monoisotopic (exact) mass is 296 g/mol. The Labute approximate surface area is 127 Å². The Kier molecular flexibility index (Phi) is 2.89. The van der Waals surface area contributed by atoms with Gasteiger partial charge in [-0.3, -0.25) is 9.59 Å². The molecule has 1 aromatic carbocycles. The van der Waals surface area contributed by atoms with Gasteiger partial charge in [0.15, 0.2) is 0 Å². The van der Waals surface area contributed by atoms with Gasteiger partial charge in [-0.05, 0) is 30.5 Å². The van der Waals surface area contributed by atoms with Crippen LogP contribution in [0.1, 0.15) is 46.3 Å². The van der Waals surface area contributed by atoms with Gasteiger partial charge >= 0.3 is 5.97 Å². The molecule has 2 bridgehead atoms. The Balaban J connectivity index is 1.70. The van der Waals surface area contributed by atoms with Crippen molar-refractivity contribution in [2.75, 3.05) is 7.11 Å². The highest BCUT2D eigenvalue weighted by molar-refractivity contribution is 5.96. The van der Waals surface area contributed by atoms with E-state index < -0.39 is 0 Å². The molecule has 4 rings (SSSR count). The van der Waals surface area contributed by atoms with E-state index in [-0.39, 0.29) is 29.6 Å². The topological polar surface area (TPSA) is 61.2 Å². The average molecular weight is 296 g/mol. The van der Waals surface area contributed by atoms with Crippen molar-refractivity contribution in [3.8, 4) is 0 Å². The van der Waals surface area contributed by atoms with E-state index in [1.165, 1.54) is 11.8 Å². The number of nitrogens with zero attached hydrogens (tertiary/aromatic N) is 2. The summed E-state index contributed by atoms with van der Waals surface area (Å²) in [6, 6.07) is 9.15. The molecule has 0 radical (unpaired) electrons. The van der Waals surface area contributed by atoms with Gasteiger partial charge in [-0.15, -0.1) is 0 Å². The zero-order chi connectivity index (χ0) is 15.3. The van der Waals surface area contributed by atoms with Gasteiger partial charge < -0.3 is 4.74 Å². The Hall–Kier alpha value is -2.43. The van der Waals surface area contributed by atoms with Gasteiger partial charge in [0.05, 0.1) is 24.9 Å². The third-order valence-corrected chi connectivity index (χ3v) is 4.90. The van der Waals surface area contributed by atoms with Gasteiger partial charge in [0.25, 0.3) is 5.91 Å². The number of fused-ring (bicyclic) bond motifs is 5. The molecule has 1 aromatic heterocycles. The number of aromatic nitrogens is 2.